The van der Waals surface area contributed by atoms with Gasteiger partial charge in [-0.15, -0.1) is 0 Å². The van der Waals surface area contributed by atoms with Crippen LogP contribution in [0.2, 0.25) is 0 Å². The second-order valence-electron chi connectivity index (χ2n) is 5.84. The van der Waals surface area contributed by atoms with Gasteiger partial charge in [0.05, 0.1) is 0 Å². The first-order valence-electron chi connectivity index (χ1n) is 7.66. The van der Waals surface area contributed by atoms with Crippen LogP contribution in [-0.2, 0) is 0 Å². The topological polar surface area (TPSA) is 58.2 Å². The van der Waals surface area contributed by atoms with E-state index in [-0.39, 0.29) is 11.8 Å². The summed E-state index contributed by atoms with van der Waals surface area (Å²) >= 11 is 0. The van der Waals surface area contributed by atoms with E-state index in [9.17, 15) is 9.59 Å². The first kappa shape index (κ1) is 16.7. The van der Waals surface area contributed by atoms with E-state index in [0.29, 0.717) is 22.7 Å². The first-order chi connectivity index (χ1) is 10.9. The molecule has 0 bridgehead atoms. The van der Waals surface area contributed by atoms with Crippen molar-refractivity contribution in [3.8, 4) is 0 Å². The maximum atomic E-state index is 12.3. The van der Waals surface area contributed by atoms with Crippen LogP contribution in [0, 0.1) is 6.92 Å². The van der Waals surface area contributed by atoms with Crippen molar-refractivity contribution in [3.05, 3.63) is 64.7 Å². The zero-order valence-electron chi connectivity index (χ0n) is 13.9. The Kier molecular flexibility index (Phi) is 5.16. The van der Waals surface area contributed by atoms with Crippen molar-refractivity contribution in [2.45, 2.75) is 26.7 Å². The van der Waals surface area contributed by atoms with Crippen molar-refractivity contribution in [2.75, 3.05) is 12.4 Å². The molecule has 0 saturated carbocycles. The largest absolute Gasteiger partial charge is 0.355 e. The molecule has 0 radical (unpaired) electrons. The van der Waals surface area contributed by atoms with E-state index in [4.69, 9.17) is 0 Å². The Bertz CT molecular complexity index is 719. The molecule has 0 aliphatic heterocycles. The summed E-state index contributed by atoms with van der Waals surface area (Å²) in [6, 6.07) is 12.8. The first-order valence-corrected chi connectivity index (χ1v) is 7.66. The third-order valence-electron chi connectivity index (χ3n) is 3.80. The number of rotatable bonds is 4. The summed E-state index contributed by atoms with van der Waals surface area (Å²) in [4.78, 5) is 23.9. The van der Waals surface area contributed by atoms with Crippen LogP contribution in [0.3, 0.4) is 0 Å². The number of aryl methyl sites for hydroxylation is 1. The number of hydrogen-bond donors (Lipinski definition) is 2. The number of anilines is 1. The minimum Gasteiger partial charge on any atom is -0.355 e. The van der Waals surface area contributed by atoms with Crippen molar-refractivity contribution in [1.82, 2.24) is 5.32 Å². The number of hydrogen-bond acceptors (Lipinski definition) is 2. The van der Waals surface area contributed by atoms with Crippen molar-refractivity contribution in [3.63, 3.8) is 0 Å². The summed E-state index contributed by atoms with van der Waals surface area (Å²) in [5.41, 5.74) is 3.94. The third-order valence-corrected chi connectivity index (χ3v) is 3.80. The maximum Gasteiger partial charge on any atom is 0.255 e. The summed E-state index contributed by atoms with van der Waals surface area (Å²) < 4.78 is 0. The van der Waals surface area contributed by atoms with Crippen LogP contribution in [0.15, 0.2) is 42.5 Å². The Morgan fingerprint density at radius 1 is 0.913 bits per heavy atom. The van der Waals surface area contributed by atoms with E-state index in [0.717, 1.165) is 5.56 Å². The molecule has 0 atom stereocenters. The molecule has 0 fully saturated rings. The summed E-state index contributed by atoms with van der Waals surface area (Å²) in [6.07, 6.45) is 0. The maximum absolute atomic E-state index is 12.3. The van der Waals surface area contributed by atoms with Crippen molar-refractivity contribution in [2.24, 2.45) is 0 Å². The predicted molar refractivity (Wildman–Crippen MR) is 93.1 cm³/mol. The minimum atomic E-state index is -0.156. The summed E-state index contributed by atoms with van der Waals surface area (Å²) in [5, 5.41) is 5.47. The number of carbonyl (C=O) groups is 2. The van der Waals surface area contributed by atoms with E-state index >= 15 is 0 Å². The molecule has 2 aromatic carbocycles. The van der Waals surface area contributed by atoms with Gasteiger partial charge in [0.25, 0.3) is 11.8 Å². The monoisotopic (exact) mass is 310 g/mol. The molecular formula is C19H22N2O2. The van der Waals surface area contributed by atoms with Gasteiger partial charge in [0.15, 0.2) is 0 Å². The van der Waals surface area contributed by atoms with Gasteiger partial charge in [0.1, 0.15) is 0 Å². The smallest absolute Gasteiger partial charge is 0.255 e. The molecule has 2 aromatic rings. The van der Waals surface area contributed by atoms with Gasteiger partial charge < -0.3 is 10.6 Å². The predicted octanol–water partition coefficient (Wildman–Crippen LogP) is 3.73. The van der Waals surface area contributed by atoms with Crippen LogP contribution in [0.1, 0.15) is 51.6 Å². The van der Waals surface area contributed by atoms with Crippen LogP contribution in [-0.4, -0.2) is 18.9 Å². The molecule has 2 N–H and O–H groups in total. The Balaban J connectivity index is 2.15. The molecule has 0 aromatic heterocycles. The lowest BCUT2D eigenvalue weighted by molar-refractivity contribution is 0.0962. The summed E-state index contributed by atoms with van der Waals surface area (Å²) in [6.45, 7) is 6.10. The molecule has 23 heavy (non-hydrogen) atoms. The molecule has 4 heteroatoms. The zero-order chi connectivity index (χ0) is 17.0. The number of carbonyl (C=O) groups excluding carboxylic acids is 2. The fourth-order valence-corrected chi connectivity index (χ4v) is 2.30. The van der Waals surface area contributed by atoms with Gasteiger partial charge in [-0.05, 0) is 54.3 Å². The highest BCUT2D eigenvalue weighted by Crippen LogP contribution is 2.19. The molecule has 2 rings (SSSR count). The molecular weight excluding hydrogens is 288 g/mol. The normalized spacial score (nSPS) is 10.5. The standard InChI is InChI=1S/C19H22N2O2/c1-12(2)14-5-7-15(8-6-14)19(23)21-17-10-9-16(11-13(17)3)18(22)20-4/h5-12H,1-4H3,(H,20,22)(H,21,23). The molecule has 0 saturated heterocycles. The fraction of sp³-hybridized carbons (Fsp3) is 0.263. The second kappa shape index (κ2) is 7.09. The van der Waals surface area contributed by atoms with E-state index in [1.165, 1.54) is 5.56 Å². The van der Waals surface area contributed by atoms with Gasteiger partial charge in [0, 0.05) is 23.9 Å². The molecule has 4 nitrogen and oxygen atoms in total. The number of amides is 2. The van der Waals surface area contributed by atoms with Gasteiger partial charge in [-0.3, -0.25) is 9.59 Å². The average Bonchev–Trinajstić information content (AvgIpc) is 2.55. The number of nitrogens with one attached hydrogen (secondary N) is 2. The lowest BCUT2D eigenvalue weighted by atomic mass is 10.0. The zero-order valence-corrected chi connectivity index (χ0v) is 13.9. The van der Waals surface area contributed by atoms with Crippen molar-refractivity contribution < 1.29 is 9.59 Å². The number of benzene rings is 2. The van der Waals surface area contributed by atoms with Gasteiger partial charge in [-0.2, -0.15) is 0 Å². The molecule has 0 unspecified atom stereocenters. The van der Waals surface area contributed by atoms with Gasteiger partial charge in [0.2, 0.25) is 0 Å². The highest BCUT2D eigenvalue weighted by atomic mass is 16.2. The van der Waals surface area contributed by atoms with Crippen molar-refractivity contribution >= 4 is 17.5 Å². The van der Waals surface area contributed by atoms with E-state index in [1.807, 2.05) is 31.2 Å². The Morgan fingerprint density at radius 2 is 1.52 bits per heavy atom. The van der Waals surface area contributed by atoms with E-state index < -0.39 is 0 Å². The van der Waals surface area contributed by atoms with Gasteiger partial charge in [-0.1, -0.05) is 26.0 Å². The third kappa shape index (κ3) is 3.97. The summed E-state index contributed by atoms with van der Waals surface area (Å²) in [7, 11) is 1.59. The lowest BCUT2D eigenvalue weighted by Gasteiger charge is -2.11. The SMILES string of the molecule is CNC(=O)c1ccc(NC(=O)c2ccc(C(C)C)cc2)c(C)c1. The van der Waals surface area contributed by atoms with Crippen LogP contribution in [0.5, 0.6) is 0 Å². The molecule has 120 valence electrons. The molecule has 0 aliphatic rings. The van der Waals surface area contributed by atoms with Crippen molar-refractivity contribution in [1.29, 1.82) is 0 Å². The Hall–Kier alpha value is -2.62. The lowest BCUT2D eigenvalue weighted by Crippen LogP contribution is -2.18. The molecule has 2 amide bonds. The van der Waals surface area contributed by atoms with E-state index in [1.54, 1.807) is 25.2 Å². The van der Waals surface area contributed by atoms with Crippen LogP contribution in [0.4, 0.5) is 5.69 Å². The van der Waals surface area contributed by atoms with E-state index in [2.05, 4.69) is 24.5 Å². The second-order valence-corrected chi connectivity index (χ2v) is 5.84. The minimum absolute atomic E-state index is 0.143. The molecule has 0 spiro atoms. The Morgan fingerprint density at radius 3 is 2.04 bits per heavy atom. The highest BCUT2D eigenvalue weighted by Gasteiger charge is 2.10. The van der Waals surface area contributed by atoms with Crippen LogP contribution in [0.25, 0.3) is 0 Å². The fourth-order valence-electron chi connectivity index (χ4n) is 2.30. The Labute approximate surface area is 136 Å². The van der Waals surface area contributed by atoms with Crippen LogP contribution >= 0.6 is 0 Å². The quantitative estimate of drug-likeness (QED) is 0.904. The van der Waals surface area contributed by atoms with Gasteiger partial charge in [-0.25, -0.2) is 0 Å². The molecule has 0 aliphatic carbocycles. The van der Waals surface area contributed by atoms with Gasteiger partial charge >= 0.3 is 0 Å². The molecule has 0 heterocycles. The average molecular weight is 310 g/mol. The highest BCUT2D eigenvalue weighted by molar-refractivity contribution is 6.05. The van der Waals surface area contributed by atoms with Crippen LogP contribution < -0.4 is 10.6 Å². The summed E-state index contributed by atoms with van der Waals surface area (Å²) in [5.74, 6) is 0.137.